The molecule has 1 saturated heterocycles. The van der Waals surface area contributed by atoms with Gasteiger partial charge in [-0.2, -0.15) is 0 Å². The molecule has 1 amide bonds. The van der Waals surface area contributed by atoms with E-state index >= 15 is 0 Å². The van der Waals surface area contributed by atoms with E-state index in [9.17, 15) is 9.59 Å². The molecule has 3 aromatic carbocycles. The highest BCUT2D eigenvalue weighted by molar-refractivity contribution is 6.08. The molecule has 0 N–H and O–H groups in total. The summed E-state index contributed by atoms with van der Waals surface area (Å²) in [5.74, 6) is 2.41. The molecular weight excluding hydrogens is 468 g/mol. The van der Waals surface area contributed by atoms with Crippen LogP contribution in [-0.4, -0.2) is 36.9 Å². The van der Waals surface area contributed by atoms with E-state index in [2.05, 4.69) is 4.98 Å². The first-order valence-electron chi connectivity index (χ1n) is 12.2. The maximum Gasteiger partial charge on any atom is 0.233 e. The number of amides is 1. The van der Waals surface area contributed by atoms with Crippen molar-refractivity contribution in [1.29, 1.82) is 0 Å². The highest BCUT2D eigenvalue weighted by Crippen LogP contribution is 2.35. The monoisotopic (exact) mass is 496 g/mol. The minimum Gasteiger partial charge on any atom is -0.497 e. The van der Waals surface area contributed by atoms with Gasteiger partial charge in [0.25, 0.3) is 0 Å². The van der Waals surface area contributed by atoms with Crippen LogP contribution in [0.3, 0.4) is 0 Å². The van der Waals surface area contributed by atoms with E-state index in [0.29, 0.717) is 36.8 Å². The Hall–Kier alpha value is -4.39. The molecule has 1 aliphatic heterocycles. The number of carbonyl (C=O) groups excluding carboxylic acids is 2. The van der Waals surface area contributed by atoms with E-state index in [1.54, 1.807) is 36.3 Å². The van der Waals surface area contributed by atoms with Gasteiger partial charge in [-0.25, -0.2) is 4.98 Å². The molecule has 37 heavy (non-hydrogen) atoms. The minimum atomic E-state index is -0.483. The van der Waals surface area contributed by atoms with Crippen molar-refractivity contribution in [3.05, 3.63) is 95.9 Å². The van der Waals surface area contributed by atoms with E-state index in [1.807, 2.05) is 61.5 Å². The fourth-order valence-electron chi connectivity index (χ4n) is 4.58. The predicted octanol–water partition coefficient (Wildman–Crippen LogP) is 5.05. The number of nitrogens with zero attached hydrogens (tertiary/aromatic N) is 2. The highest BCUT2D eigenvalue weighted by Gasteiger charge is 2.47. The van der Waals surface area contributed by atoms with E-state index in [1.165, 1.54) is 0 Å². The molecule has 0 radical (unpaired) electrons. The van der Waals surface area contributed by atoms with Crippen molar-refractivity contribution in [2.75, 3.05) is 18.6 Å². The first kappa shape index (κ1) is 24.3. The Morgan fingerprint density at radius 2 is 1.68 bits per heavy atom. The third-order valence-electron chi connectivity index (χ3n) is 6.66. The lowest BCUT2D eigenvalue weighted by atomic mass is 9.82. The van der Waals surface area contributed by atoms with Gasteiger partial charge in [-0.15, -0.1) is 0 Å². The van der Waals surface area contributed by atoms with Crippen LogP contribution in [0.4, 0.5) is 5.69 Å². The Morgan fingerprint density at radius 1 is 0.973 bits per heavy atom. The maximum atomic E-state index is 12.9. The SMILES string of the molecule is COc1ccc(N2C(=O)[C@@H](Cc3ccc(OCCc4nc(-c5ccccc5)oc4C)cc3)[C@H]2C=O)cc1. The van der Waals surface area contributed by atoms with Gasteiger partial charge in [0.1, 0.15) is 29.6 Å². The molecule has 2 atom stereocenters. The van der Waals surface area contributed by atoms with E-state index in [4.69, 9.17) is 13.9 Å². The number of rotatable bonds is 10. The van der Waals surface area contributed by atoms with E-state index in [-0.39, 0.29) is 11.8 Å². The van der Waals surface area contributed by atoms with Gasteiger partial charge in [0.15, 0.2) is 0 Å². The van der Waals surface area contributed by atoms with Crippen molar-refractivity contribution in [2.24, 2.45) is 5.92 Å². The minimum absolute atomic E-state index is 0.0551. The van der Waals surface area contributed by atoms with Crippen LogP contribution in [0.1, 0.15) is 17.0 Å². The number of hydrogen-bond acceptors (Lipinski definition) is 6. The van der Waals surface area contributed by atoms with Crippen LogP contribution in [0.15, 0.2) is 83.3 Å². The molecule has 7 nitrogen and oxygen atoms in total. The number of hydrogen-bond donors (Lipinski definition) is 0. The van der Waals surface area contributed by atoms with Crippen molar-refractivity contribution in [3.8, 4) is 23.0 Å². The average molecular weight is 497 g/mol. The molecule has 4 aromatic rings. The zero-order valence-corrected chi connectivity index (χ0v) is 20.8. The molecule has 1 fully saturated rings. The van der Waals surface area contributed by atoms with Gasteiger partial charge in [0.2, 0.25) is 11.8 Å². The molecule has 1 aromatic heterocycles. The quantitative estimate of drug-likeness (QED) is 0.226. The lowest BCUT2D eigenvalue weighted by Gasteiger charge is -2.44. The second-order valence-corrected chi connectivity index (χ2v) is 8.97. The molecule has 0 unspecified atom stereocenters. The number of aryl methyl sites for hydroxylation is 1. The third kappa shape index (κ3) is 5.11. The normalized spacial score (nSPS) is 16.8. The summed E-state index contributed by atoms with van der Waals surface area (Å²) in [5.41, 5.74) is 3.50. The Balaban J connectivity index is 1.15. The van der Waals surface area contributed by atoms with Gasteiger partial charge in [0.05, 0.1) is 25.3 Å². The molecular formula is C30H28N2O5. The van der Waals surface area contributed by atoms with Crippen LogP contribution in [-0.2, 0) is 22.4 Å². The summed E-state index contributed by atoms with van der Waals surface area (Å²) in [6.07, 6.45) is 1.97. The smallest absolute Gasteiger partial charge is 0.233 e. The molecule has 5 rings (SSSR count). The lowest BCUT2D eigenvalue weighted by Crippen LogP contribution is -2.62. The number of aldehydes is 1. The summed E-state index contributed by atoms with van der Waals surface area (Å²) in [6.45, 7) is 2.37. The Morgan fingerprint density at radius 3 is 2.35 bits per heavy atom. The summed E-state index contributed by atoms with van der Waals surface area (Å²) < 4.78 is 16.9. The Kier molecular flexibility index (Phi) is 7.03. The van der Waals surface area contributed by atoms with E-state index < -0.39 is 6.04 Å². The van der Waals surface area contributed by atoms with Gasteiger partial charge < -0.3 is 23.6 Å². The van der Waals surface area contributed by atoms with Gasteiger partial charge in [-0.05, 0) is 67.4 Å². The molecule has 188 valence electrons. The second-order valence-electron chi connectivity index (χ2n) is 8.97. The van der Waals surface area contributed by atoms with Gasteiger partial charge >= 0.3 is 0 Å². The first-order valence-corrected chi connectivity index (χ1v) is 12.2. The number of methoxy groups -OCH3 is 1. The molecule has 1 aliphatic rings. The summed E-state index contributed by atoms with van der Waals surface area (Å²) in [7, 11) is 1.59. The number of aromatic nitrogens is 1. The second kappa shape index (κ2) is 10.7. The summed E-state index contributed by atoms with van der Waals surface area (Å²) in [4.78, 5) is 30.8. The number of β-lactam (4-membered cyclic amide) rings is 1. The topological polar surface area (TPSA) is 81.9 Å². The zero-order valence-electron chi connectivity index (χ0n) is 20.8. The highest BCUT2D eigenvalue weighted by atomic mass is 16.5. The number of ether oxygens (including phenoxy) is 2. The first-order chi connectivity index (χ1) is 18.1. The predicted molar refractivity (Wildman–Crippen MR) is 140 cm³/mol. The maximum absolute atomic E-state index is 12.9. The van der Waals surface area contributed by atoms with Crippen LogP contribution in [0.25, 0.3) is 11.5 Å². The molecule has 0 spiro atoms. The van der Waals surface area contributed by atoms with Crippen molar-refractivity contribution in [1.82, 2.24) is 4.98 Å². The van der Waals surface area contributed by atoms with Crippen molar-refractivity contribution in [3.63, 3.8) is 0 Å². The van der Waals surface area contributed by atoms with Crippen LogP contribution < -0.4 is 14.4 Å². The number of carbonyl (C=O) groups is 2. The average Bonchev–Trinajstić information content (AvgIpc) is 3.31. The van der Waals surface area contributed by atoms with Gasteiger partial charge in [0, 0.05) is 17.7 Å². The van der Waals surface area contributed by atoms with Crippen LogP contribution in [0, 0.1) is 12.8 Å². The number of benzene rings is 3. The lowest BCUT2D eigenvalue weighted by molar-refractivity contribution is -0.133. The molecule has 2 heterocycles. The summed E-state index contributed by atoms with van der Waals surface area (Å²) in [6, 6.07) is 24.1. The fourth-order valence-corrected chi connectivity index (χ4v) is 4.58. The van der Waals surface area contributed by atoms with Gasteiger partial charge in [-0.3, -0.25) is 4.79 Å². The van der Waals surface area contributed by atoms with Crippen molar-refractivity contribution in [2.45, 2.75) is 25.8 Å². The van der Waals surface area contributed by atoms with Crippen molar-refractivity contribution < 1.29 is 23.5 Å². The molecule has 0 aliphatic carbocycles. The Bertz CT molecular complexity index is 1360. The van der Waals surface area contributed by atoms with Crippen LogP contribution in [0.5, 0.6) is 11.5 Å². The number of anilines is 1. The standard InChI is InChI=1S/C30H28N2O5/c1-20-27(31-29(37-20)22-6-4-3-5-7-22)16-17-36-25-12-8-21(9-13-25)18-26-28(19-33)32(30(26)34)23-10-14-24(35-2)15-11-23/h3-15,19,26,28H,16-18H2,1-2H3/t26-,28+/m0/s1. The summed E-state index contributed by atoms with van der Waals surface area (Å²) in [5, 5.41) is 0. The van der Waals surface area contributed by atoms with Gasteiger partial charge in [-0.1, -0.05) is 30.3 Å². The largest absolute Gasteiger partial charge is 0.497 e. The van der Waals surface area contributed by atoms with E-state index in [0.717, 1.165) is 34.6 Å². The molecule has 0 saturated carbocycles. The fraction of sp³-hybridized carbons (Fsp3) is 0.233. The third-order valence-corrected chi connectivity index (χ3v) is 6.66. The van der Waals surface area contributed by atoms with Crippen LogP contribution >= 0.6 is 0 Å². The molecule has 0 bridgehead atoms. The van der Waals surface area contributed by atoms with Crippen molar-refractivity contribution >= 4 is 17.9 Å². The number of oxazole rings is 1. The molecule has 7 heteroatoms. The summed E-state index contributed by atoms with van der Waals surface area (Å²) >= 11 is 0. The Labute approximate surface area is 215 Å². The zero-order chi connectivity index (χ0) is 25.8. The van der Waals surface area contributed by atoms with Crippen LogP contribution in [0.2, 0.25) is 0 Å².